The van der Waals surface area contributed by atoms with Crippen LogP contribution in [-0.2, 0) is 12.8 Å². The van der Waals surface area contributed by atoms with Gasteiger partial charge in [0.1, 0.15) is 11.6 Å². The molecule has 1 N–H and O–H groups in total. The van der Waals surface area contributed by atoms with E-state index < -0.39 is 0 Å². The summed E-state index contributed by atoms with van der Waals surface area (Å²) in [5.74, 6) is 0.941. The number of nitrogens with one attached hydrogen (secondary N) is 1. The molecule has 0 saturated heterocycles. The molecule has 0 spiro atoms. The summed E-state index contributed by atoms with van der Waals surface area (Å²) in [6.45, 7) is 4.21. The van der Waals surface area contributed by atoms with Crippen molar-refractivity contribution in [1.29, 1.82) is 0 Å². The van der Waals surface area contributed by atoms with E-state index in [4.69, 9.17) is 9.97 Å². The third-order valence-corrected chi connectivity index (χ3v) is 4.33. The van der Waals surface area contributed by atoms with E-state index in [9.17, 15) is 4.39 Å². The lowest BCUT2D eigenvalue weighted by Crippen LogP contribution is -2.32. The maximum absolute atomic E-state index is 13.2. The van der Waals surface area contributed by atoms with Crippen LogP contribution in [0.3, 0.4) is 0 Å². The van der Waals surface area contributed by atoms with Gasteiger partial charge in [-0.2, -0.15) is 0 Å². The zero-order valence-electron chi connectivity index (χ0n) is 13.8. The average molecular weight is 336 g/mol. The summed E-state index contributed by atoms with van der Waals surface area (Å²) in [6.07, 6.45) is 3.00. The van der Waals surface area contributed by atoms with E-state index in [1.165, 1.54) is 17.7 Å². The molecular formula is C18H23ClFN3. The molecule has 0 radical (unpaired) electrons. The lowest BCUT2D eigenvalue weighted by atomic mass is 9.88. The Labute approximate surface area is 143 Å². The minimum Gasteiger partial charge on any atom is -0.317 e. The van der Waals surface area contributed by atoms with Crippen molar-refractivity contribution in [3.05, 3.63) is 47.2 Å². The number of hydrogen-bond acceptors (Lipinski definition) is 3. The topological polar surface area (TPSA) is 37.8 Å². The van der Waals surface area contributed by atoms with Gasteiger partial charge < -0.3 is 5.32 Å². The zero-order chi connectivity index (χ0) is 15.7. The van der Waals surface area contributed by atoms with E-state index >= 15 is 0 Å². The molecule has 1 heterocycles. The van der Waals surface area contributed by atoms with Crippen LogP contribution >= 0.6 is 12.4 Å². The van der Waals surface area contributed by atoms with Crippen molar-refractivity contribution in [2.45, 2.75) is 45.1 Å². The summed E-state index contributed by atoms with van der Waals surface area (Å²) in [5.41, 5.74) is 4.30. The van der Waals surface area contributed by atoms with Crippen molar-refractivity contribution in [3.8, 4) is 11.3 Å². The number of aromatic nitrogens is 2. The molecule has 2 aromatic rings. The molecule has 0 saturated carbocycles. The second-order valence-electron chi connectivity index (χ2n) is 6.25. The monoisotopic (exact) mass is 335 g/mol. The molecule has 23 heavy (non-hydrogen) atoms. The average Bonchev–Trinajstić information content (AvgIpc) is 2.54. The Morgan fingerprint density at radius 1 is 1.17 bits per heavy atom. The molecule has 1 unspecified atom stereocenters. The Kier molecular flexibility index (Phi) is 5.71. The summed E-state index contributed by atoms with van der Waals surface area (Å²) in [6, 6.07) is 7.07. The van der Waals surface area contributed by atoms with E-state index in [1.807, 2.05) is 19.2 Å². The van der Waals surface area contributed by atoms with Crippen LogP contribution < -0.4 is 5.32 Å². The van der Waals surface area contributed by atoms with Gasteiger partial charge in [0.15, 0.2) is 0 Å². The summed E-state index contributed by atoms with van der Waals surface area (Å²) in [7, 11) is 2.00. The van der Waals surface area contributed by atoms with E-state index in [0.717, 1.165) is 42.0 Å². The molecule has 0 amide bonds. The molecule has 1 aliphatic carbocycles. The first-order chi connectivity index (χ1) is 10.6. The quantitative estimate of drug-likeness (QED) is 0.924. The molecule has 1 atom stereocenters. The van der Waals surface area contributed by atoms with Crippen LogP contribution in [0.2, 0.25) is 0 Å². The predicted octanol–water partition coefficient (Wildman–Crippen LogP) is 3.90. The maximum Gasteiger partial charge on any atom is 0.131 e. The van der Waals surface area contributed by atoms with Crippen LogP contribution in [-0.4, -0.2) is 23.1 Å². The van der Waals surface area contributed by atoms with Gasteiger partial charge in [0.05, 0.1) is 5.69 Å². The molecule has 0 aliphatic heterocycles. The van der Waals surface area contributed by atoms with Crippen molar-refractivity contribution in [2.75, 3.05) is 7.05 Å². The van der Waals surface area contributed by atoms with Gasteiger partial charge in [0.2, 0.25) is 0 Å². The SMILES string of the molecule is CNC1CCc2nc(C(C)C)nc(-c3ccc(F)cc3)c2C1.Cl. The van der Waals surface area contributed by atoms with Crippen molar-refractivity contribution >= 4 is 12.4 Å². The third kappa shape index (κ3) is 3.70. The van der Waals surface area contributed by atoms with Gasteiger partial charge in [-0.3, -0.25) is 0 Å². The Morgan fingerprint density at radius 3 is 2.48 bits per heavy atom. The fraction of sp³-hybridized carbons (Fsp3) is 0.444. The first kappa shape index (κ1) is 17.8. The second-order valence-corrected chi connectivity index (χ2v) is 6.25. The number of fused-ring (bicyclic) bond motifs is 1. The molecule has 1 aliphatic rings. The fourth-order valence-electron chi connectivity index (χ4n) is 2.98. The summed E-state index contributed by atoms with van der Waals surface area (Å²) >= 11 is 0. The molecule has 3 rings (SSSR count). The molecule has 124 valence electrons. The zero-order valence-corrected chi connectivity index (χ0v) is 14.6. The number of rotatable bonds is 3. The van der Waals surface area contributed by atoms with Gasteiger partial charge in [-0.25, -0.2) is 14.4 Å². The van der Waals surface area contributed by atoms with Crippen LogP contribution in [0.1, 0.15) is 43.3 Å². The standard InChI is InChI=1S/C18H22FN3.ClH/c1-11(2)18-21-16-9-8-14(20-3)10-15(16)17(22-18)12-4-6-13(19)7-5-12;/h4-7,11,14,20H,8-10H2,1-3H3;1H. The first-order valence-electron chi connectivity index (χ1n) is 7.91. The lowest BCUT2D eigenvalue weighted by Gasteiger charge is -2.26. The van der Waals surface area contributed by atoms with Crippen molar-refractivity contribution < 1.29 is 4.39 Å². The highest BCUT2D eigenvalue weighted by atomic mass is 35.5. The van der Waals surface area contributed by atoms with Gasteiger partial charge >= 0.3 is 0 Å². The Hall–Kier alpha value is -1.52. The van der Waals surface area contributed by atoms with Crippen molar-refractivity contribution in [2.24, 2.45) is 0 Å². The second kappa shape index (κ2) is 7.37. The molecule has 1 aromatic carbocycles. The highest BCUT2D eigenvalue weighted by Gasteiger charge is 2.24. The van der Waals surface area contributed by atoms with Crippen LogP contribution in [0.25, 0.3) is 11.3 Å². The Balaban J connectivity index is 0.00000192. The smallest absolute Gasteiger partial charge is 0.131 e. The number of aryl methyl sites for hydroxylation is 1. The Bertz CT molecular complexity index is 671. The summed E-state index contributed by atoms with van der Waals surface area (Å²) in [4.78, 5) is 9.57. The molecule has 1 aromatic heterocycles. The van der Waals surface area contributed by atoms with Gasteiger partial charge in [-0.05, 0) is 50.6 Å². The van der Waals surface area contributed by atoms with E-state index in [0.29, 0.717) is 6.04 Å². The number of halogens is 2. The van der Waals surface area contributed by atoms with Crippen LogP contribution in [0.5, 0.6) is 0 Å². The van der Waals surface area contributed by atoms with Crippen molar-refractivity contribution in [3.63, 3.8) is 0 Å². The van der Waals surface area contributed by atoms with E-state index in [2.05, 4.69) is 19.2 Å². The van der Waals surface area contributed by atoms with Gasteiger partial charge in [0.25, 0.3) is 0 Å². The summed E-state index contributed by atoms with van der Waals surface area (Å²) in [5, 5.41) is 3.35. The molecule has 5 heteroatoms. The number of hydrogen-bond donors (Lipinski definition) is 1. The number of nitrogens with zero attached hydrogens (tertiary/aromatic N) is 2. The highest BCUT2D eigenvalue weighted by Crippen LogP contribution is 2.30. The Morgan fingerprint density at radius 2 is 1.87 bits per heavy atom. The van der Waals surface area contributed by atoms with Crippen LogP contribution in [0.15, 0.2) is 24.3 Å². The molecular weight excluding hydrogens is 313 g/mol. The minimum absolute atomic E-state index is 0. The summed E-state index contributed by atoms with van der Waals surface area (Å²) < 4.78 is 13.2. The number of benzene rings is 1. The van der Waals surface area contributed by atoms with Crippen LogP contribution in [0.4, 0.5) is 4.39 Å². The van der Waals surface area contributed by atoms with Crippen molar-refractivity contribution in [1.82, 2.24) is 15.3 Å². The van der Waals surface area contributed by atoms with E-state index in [1.54, 1.807) is 0 Å². The maximum atomic E-state index is 13.2. The van der Waals surface area contributed by atoms with Crippen LogP contribution in [0, 0.1) is 5.82 Å². The molecule has 3 nitrogen and oxygen atoms in total. The fourth-order valence-corrected chi connectivity index (χ4v) is 2.98. The van der Waals surface area contributed by atoms with Gasteiger partial charge in [-0.1, -0.05) is 13.8 Å². The minimum atomic E-state index is -0.219. The third-order valence-electron chi connectivity index (χ3n) is 4.33. The normalized spacial score (nSPS) is 16.8. The first-order valence-corrected chi connectivity index (χ1v) is 7.91. The predicted molar refractivity (Wildman–Crippen MR) is 93.6 cm³/mol. The highest BCUT2D eigenvalue weighted by molar-refractivity contribution is 5.85. The lowest BCUT2D eigenvalue weighted by molar-refractivity contribution is 0.487. The molecule has 0 fully saturated rings. The number of likely N-dealkylation sites (N-methyl/N-ethyl adjacent to an activating group) is 1. The van der Waals surface area contributed by atoms with Gasteiger partial charge in [0, 0.05) is 28.8 Å². The largest absolute Gasteiger partial charge is 0.317 e. The van der Waals surface area contributed by atoms with E-state index in [-0.39, 0.29) is 24.1 Å². The molecule has 0 bridgehead atoms. The van der Waals surface area contributed by atoms with Gasteiger partial charge in [-0.15, -0.1) is 12.4 Å².